The van der Waals surface area contributed by atoms with Gasteiger partial charge in [0.1, 0.15) is 0 Å². The van der Waals surface area contributed by atoms with Gasteiger partial charge in [-0.05, 0) is 17.3 Å². The number of hydrogen-bond donors (Lipinski definition) is 0. The summed E-state index contributed by atoms with van der Waals surface area (Å²) in [6, 6.07) is 0.939. The van der Waals surface area contributed by atoms with E-state index in [4.69, 9.17) is 13.3 Å². The summed E-state index contributed by atoms with van der Waals surface area (Å²) in [5, 5.41) is 0. The topological polar surface area (TPSA) is 27.7 Å². The van der Waals surface area contributed by atoms with Crippen LogP contribution in [0.25, 0.3) is 0 Å². The van der Waals surface area contributed by atoms with Crippen LogP contribution in [0.4, 0.5) is 0 Å². The maximum absolute atomic E-state index is 5.44. The van der Waals surface area contributed by atoms with Crippen molar-refractivity contribution in [3.63, 3.8) is 0 Å². The van der Waals surface area contributed by atoms with Gasteiger partial charge < -0.3 is 13.3 Å². The lowest BCUT2D eigenvalue weighted by Gasteiger charge is -2.24. The number of unbranched alkanes of at least 4 members (excludes halogenated alkanes) is 12. The summed E-state index contributed by atoms with van der Waals surface area (Å²) in [6.45, 7) is 0. The molecule has 0 amide bonds. The lowest BCUT2D eigenvalue weighted by atomic mass is 10.1. The standard InChI is InChI=1S/C18H39IO3Si/c1-20-23(21-2,22-3)18-16-14-12-10-8-6-4-5-7-9-11-13-15-17-19/h4-18H2,1-3H3. The molecule has 140 valence electrons. The van der Waals surface area contributed by atoms with E-state index in [2.05, 4.69) is 22.6 Å². The predicted molar refractivity (Wildman–Crippen MR) is 110 cm³/mol. The molecule has 3 nitrogen and oxygen atoms in total. The third-order valence-electron chi connectivity index (χ3n) is 4.55. The van der Waals surface area contributed by atoms with Gasteiger partial charge in [0.25, 0.3) is 0 Å². The molecule has 0 fully saturated rings. The van der Waals surface area contributed by atoms with Gasteiger partial charge in [-0.15, -0.1) is 0 Å². The van der Waals surface area contributed by atoms with Crippen LogP contribution >= 0.6 is 22.6 Å². The first-order valence-corrected chi connectivity index (χ1v) is 12.9. The average Bonchev–Trinajstić information content (AvgIpc) is 2.59. The van der Waals surface area contributed by atoms with Crippen LogP contribution in [0.3, 0.4) is 0 Å². The van der Waals surface area contributed by atoms with E-state index in [0.717, 1.165) is 12.5 Å². The van der Waals surface area contributed by atoms with Gasteiger partial charge in [-0.25, -0.2) is 0 Å². The highest BCUT2D eigenvalue weighted by Gasteiger charge is 2.36. The van der Waals surface area contributed by atoms with Crippen molar-refractivity contribution in [2.24, 2.45) is 0 Å². The van der Waals surface area contributed by atoms with E-state index in [9.17, 15) is 0 Å². The molecule has 0 aromatic rings. The molecule has 0 atom stereocenters. The molecule has 0 radical (unpaired) electrons. The zero-order valence-corrected chi connectivity index (χ0v) is 18.9. The van der Waals surface area contributed by atoms with Gasteiger partial charge in [-0.3, -0.25) is 0 Å². The number of halogens is 1. The Morgan fingerprint density at radius 1 is 0.522 bits per heavy atom. The lowest BCUT2D eigenvalue weighted by molar-refractivity contribution is 0.122. The van der Waals surface area contributed by atoms with E-state index in [1.807, 2.05) is 0 Å². The molecule has 0 aromatic heterocycles. The summed E-state index contributed by atoms with van der Waals surface area (Å²) in [6.07, 6.45) is 18.0. The molecule has 23 heavy (non-hydrogen) atoms. The Bertz CT molecular complexity index is 230. The molecule has 0 aliphatic rings. The second-order valence-electron chi connectivity index (χ2n) is 6.33. The highest BCUT2D eigenvalue weighted by atomic mass is 127. The molecule has 0 aromatic carbocycles. The summed E-state index contributed by atoms with van der Waals surface area (Å²) in [5.41, 5.74) is 0. The third-order valence-corrected chi connectivity index (χ3v) is 8.14. The first kappa shape index (κ1) is 23.8. The minimum Gasteiger partial charge on any atom is -0.377 e. The van der Waals surface area contributed by atoms with Crippen molar-refractivity contribution in [3.8, 4) is 0 Å². The Labute approximate surface area is 159 Å². The molecule has 0 aliphatic heterocycles. The first-order chi connectivity index (χ1) is 11.2. The zero-order valence-electron chi connectivity index (χ0n) is 15.7. The third kappa shape index (κ3) is 13.8. The second-order valence-corrected chi connectivity index (χ2v) is 10.5. The van der Waals surface area contributed by atoms with Crippen molar-refractivity contribution in [1.29, 1.82) is 0 Å². The molecule has 0 heterocycles. The Balaban J connectivity index is 3.25. The van der Waals surface area contributed by atoms with E-state index in [-0.39, 0.29) is 0 Å². The van der Waals surface area contributed by atoms with Crippen molar-refractivity contribution in [2.75, 3.05) is 25.8 Å². The van der Waals surface area contributed by atoms with Crippen LogP contribution in [0.2, 0.25) is 6.04 Å². The highest BCUT2D eigenvalue weighted by molar-refractivity contribution is 14.1. The molecule has 0 aliphatic carbocycles. The minimum absolute atomic E-state index is 0.939. The smallest absolute Gasteiger partial charge is 0.377 e. The van der Waals surface area contributed by atoms with E-state index in [1.165, 1.54) is 81.5 Å². The molecular weight excluding hydrogens is 419 g/mol. The van der Waals surface area contributed by atoms with Crippen molar-refractivity contribution in [3.05, 3.63) is 0 Å². The second kappa shape index (κ2) is 17.6. The molecule has 0 bridgehead atoms. The summed E-state index contributed by atoms with van der Waals surface area (Å²) in [7, 11) is 2.77. The summed E-state index contributed by atoms with van der Waals surface area (Å²) in [5.74, 6) is 0. The van der Waals surface area contributed by atoms with Gasteiger partial charge in [0, 0.05) is 27.4 Å². The fourth-order valence-electron chi connectivity index (χ4n) is 2.94. The van der Waals surface area contributed by atoms with Crippen LogP contribution < -0.4 is 0 Å². The zero-order chi connectivity index (χ0) is 17.2. The quantitative estimate of drug-likeness (QED) is 0.103. The van der Waals surface area contributed by atoms with E-state index in [1.54, 1.807) is 21.3 Å². The monoisotopic (exact) mass is 458 g/mol. The highest BCUT2D eigenvalue weighted by Crippen LogP contribution is 2.18. The molecule has 0 rings (SSSR count). The Morgan fingerprint density at radius 2 is 0.826 bits per heavy atom. The normalized spacial score (nSPS) is 12.0. The first-order valence-electron chi connectivity index (χ1n) is 9.46. The Hall–Kier alpha value is 0.827. The number of alkyl halides is 1. The van der Waals surface area contributed by atoms with Gasteiger partial charge in [0.15, 0.2) is 0 Å². The minimum atomic E-state index is -2.32. The maximum atomic E-state index is 5.44. The van der Waals surface area contributed by atoms with Gasteiger partial charge in [-0.2, -0.15) is 0 Å². The number of rotatable bonds is 18. The predicted octanol–water partition coefficient (Wildman–Crippen LogP) is 6.37. The van der Waals surface area contributed by atoms with Crippen LogP contribution in [-0.2, 0) is 13.3 Å². The van der Waals surface area contributed by atoms with Gasteiger partial charge in [-0.1, -0.05) is 93.2 Å². The summed E-state index contributed by atoms with van der Waals surface area (Å²) >= 11 is 2.48. The van der Waals surface area contributed by atoms with Crippen molar-refractivity contribution >= 4 is 31.4 Å². The van der Waals surface area contributed by atoms with E-state index in [0.29, 0.717) is 0 Å². The van der Waals surface area contributed by atoms with Crippen LogP contribution in [0.1, 0.15) is 83.5 Å². The molecular formula is C18H39IO3Si. The molecule has 0 saturated heterocycles. The molecule has 0 unspecified atom stereocenters. The fraction of sp³-hybridized carbons (Fsp3) is 1.00. The summed E-state index contributed by atoms with van der Waals surface area (Å²) < 4.78 is 17.7. The average molecular weight is 458 g/mol. The van der Waals surface area contributed by atoms with Crippen LogP contribution in [0.5, 0.6) is 0 Å². The maximum Gasteiger partial charge on any atom is 0.500 e. The van der Waals surface area contributed by atoms with Crippen molar-refractivity contribution in [1.82, 2.24) is 0 Å². The van der Waals surface area contributed by atoms with Crippen LogP contribution in [0, 0.1) is 0 Å². The molecule has 5 heteroatoms. The van der Waals surface area contributed by atoms with Crippen LogP contribution in [0.15, 0.2) is 0 Å². The number of hydrogen-bond acceptors (Lipinski definition) is 3. The van der Waals surface area contributed by atoms with Gasteiger partial charge in [0.05, 0.1) is 0 Å². The van der Waals surface area contributed by atoms with Crippen molar-refractivity contribution < 1.29 is 13.3 Å². The lowest BCUT2D eigenvalue weighted by Crippen LogP contribution is -2.42. The summed E-state index contributed by atoms with van der Waals surface area (Å²) in [4.78, 5) is 0. The Kier molecular flexibility index (Phi) is 18.3. The van der Waals surface area contributed by atoms with Gasteiger partial charge in [0.2, 0.25) is 0 Å². The molecule has 0 spiro atoms. The van der Waals surface area contributed by atoms with Gasteiger partial charge >= 0.3 is 8.80 Å². The van der Waals surface area contributed by atoms with Crippen LogP contribution in [-0.4, -0.2) is 34.6 Å². The largest absolute Gasteiger partial charge is 0.500 e. The van der Waals surface area contributed by atoms with Crippen molar-refractivity contribution in [2.45, 2.75) is 89.5 Å². The molecule has 0 saturated carbocycles. The fourth-order valence-corrected chi connectivity index (χ4v) is 5.27. The van der Waals surface area contributed by atoms with E-state index < -0.39 is 8.80 Å². The molecule has 0 N–H and O–H groups in total. The Morgan fingerprint density at radius 3 is 1.13 bits per heavy atom. The SMILES string of the molecule is CO[Si](CCCCCCCCCCCCCCCI)(OC)OC. The van der Waals surface area contributed by atoms with E-state index >= 15 is 0 Å².